The lowest BCUT2D eigenvalue weighted by Crippen LogP contribution is -2.50. The average Bonchev–Trinajstić information content (AvgIpc) is 3.45. The van der Waals surface area contributed by atoms with Crippen molar-refractivity contribution in [3.8, 4) is 0 Å². The monoisotopic (exact) mass is 386 g/mol. The third-order valence-electron chi connectivity index (χ3n) is 5.60. The van der Waals surface area contributed by atoms with Gasteiger partial charge in [-0.3, -0.25) is 0 Å². The molecular formula is C24H52NO2+. The Kier molecular flexibility index (Phi) is 20.5. The fraction of sp³-hybridized carbons (Fsp3) is 1.00. The molecule has 2 aliphatic rings. The molecule has 0 N–H and O–H groups in total. The number of hydrogen-bond acceptors (Lipinski definition) is 2. The highest BCUT2D eigenvalue weighted by Crippen LogP contribution is 2.16. The quantitative estimate of drug-likeness (QED) is 0.352. The van der Waals surface area contributed by atoms with Gasteiger partial charge in [0.2, 0.25) is 0 Å². The molecule has 0 aromatic carbocycles. The van der Waals surface area contributed by atoms with E-state index >= 15 is 0 Å². The van der Waals surface area contributed by atoms with Crippen molar-refractivity contribution >= 4 is 0 Å². The van der Waals surface area contributed by atoms with E-state index in [-0.39, 0.29) is 0 Å². The minimum absolute atomic E-state index is 1.00. The molecule has 3 nitrogen and oxygen atoms in total. The second kappa shape index (κ2) is 20.6. The first-order chi connectivity index (χ1) is 13.2. The number of hydrogen-bond donors (Lipinski definition) is 0. The Hall–Kier alpha value is -0.120. The third kappa shape index (κ3) is 16.5. The Morgan fingerprint density at radius 1 is 0.481 bits per heavy atom. The number of rotatable bonds is 12. The van der Waals surface area contributed by atoms with Gasteiger partial charge in [0.1, 0.15) is 0 Å². The molecule has 0 aromatic rings. The lowest BCUT2D eigenvalue weighted by molar-refractivity contribution is -0.929. The van der Waals surface area contributed by atoms with Gasteiger partial charge in [-0.05, 0) is 51.4 Å². The van der Waals surface area contributed by atoms with Crippen LogP contribution >= 0.6 is 0 Å². The van der Waals surface area contributed by atoms with Crippen LogP contribution in [0, 0.1) is 0 Å². The molecule has 2 rings (SSSR count). The third-order valence-corrected chi connectivity index (χ3v) is 5.60. The Bertz CT molecular complexity index is 213. The van der Waals surface area contributed by atoms with Crippen molar-refractivity contribution in [2.45, 2.75) is 105 Å². The smallest absolute Gasteiger partial charge is 0.0786 e. The van der Waals surface area contributed by atoms with E-state index < -0.39 is 0 Å². The maximum absolute atomic E-state index is 4.94. The highest BCUT2D eigenvalue weighted by Gasteiger charge is 2.24. The van der Waals surface area contributed by atoms with Crippen molar-refractivity contribution in [2.75, 3.05) is 52.6 Å². The first-order valence-corrected chi connectivity index (χ1v) is 12.2. The van der Waals surface area contributed by atoms with E-state index in [1.807, 2.05) is 0 Å². The van der Waals surface area contributed by atoms with Crippen LogP contribution in [0.5, 0.6) is 0 Å². The zero-order valence-electron chi connectivity index (χ0n) is 19.4. The number of unbranched alkanes of at least 4 members (excludes halogenated alkanes) is 4. The molecule has 2 saturated heterocycles. The van der Waals surface area contributed by atoms with Gasteiger partial charge in [-0.1, -0.05) is 53.4 Å². The lowest BCUT2D eigenvalue weighted by Gasteiger charge is -2.39. The van der Waals surface area contributed by atoms with E-state index in [0.29, 0.717) is 0 Å². The van der Waals surface area contributed by atoms with E-state index in [1.165, 1.54) is 108 Å². The summed E-state index contributed by atoms with van der Waals surface area (Å²) in [6, 6.07) is 0. The van der Waals surface area contributed by atoms with Crippen LogP contribution in [0.2, 0.25) is 0 Å². The number of nitrogens with zero attached hydrogens (tertiary/aromatic N) is 1. The molecule has 164 valence electrons. The van der Waals surface area contributed by atoms with Gasteiger partial charge in [-0.15, -0.1) is 0 Å². The lowest BCUT2D eigenvalue weighted by atomic mass is 10.1. The molecule has 0 saturated carbocycles. The predicted octanol–water partition coefficient (Wildman–Crippen LogP) is 6.60. The highest BCUT2D eigenvalue weighted by molar-refractivity contribution is 4.49. The highest BCUT2D eigenvalue weighted by atomic mass is 16.5. The summed E-state index contributed by atoms with van der Waals surface area (Å²) in [5.74, 6) is 0. The van der Waals surface area contributed by atoms with Gasteiger partial charge in [0, 0.05) is 26.4 Å². The maximum atomic E-state index is 4.94. The predicted molar refractivity (Wildman–Crippen MR) is 119 cm³/mol. The Morgan fingerprint density at radius 2 is 0.741 bits per heavy atom. The van der Waals surface area contributed by atoms with Gasteiger partial charge < -0.3 is 14.0 Å². The standard InChI is InChI=1S/C16H36N.2C4H8O/c1-5-9-13-17(14-10-6-2,15-11-7-3)16-12-8-4;2*1-2-4-5-3-1/h5-16H2,1-4H3;2*1-4H2/q+1;;. The molecular weight excluding hydrogens is 334 g/mol. The summed E-state index contributed by atoms with van der Waals surface area (Å²) in [4.78, 5) is 0. The van der Waals surface area contributed by atoms with E-state index in [9.17, 15) is 0 Å². The first-order valence-electron chi connectivity index (χ1n) is 12.2. The van der Waals surface area contributed by atoms with Crippen LogP contribution in [0.4, 0.5) is 0 Å². The summed E-state index contributed by atoms with van der Waals surface area (Å²) < 4.78 is 11.3. The van der Waals surface area contributed by atoms with Crippen molar-refractivity contribution in [1.82, 2.24) is 0 Å². The molecule has 0 bridgehead atoms. The summed E-state index contributed by atoms with van der Waals surface area (Å²) in [5.41, 5.74) is 0. The summed E-state index contributed by atoms with van der Waals surface area (Å²) in [5, 5.41) is 0. The Morgan fingerprint density at radius 3 is 0.889 bits per heavy atom. The van der Waals surface area contributed by atoms with Gasteiger partial charge in [-0.2, -0.15) is 0 Å². The van der Waals surface area contributed by atoms with Gasteiger partial charge in [-0.25, -0.2) is 0 Å². The molecule has 0 aliphatic carbocycles. The van der Waals surface area contributed by atoms with Crippen LogP contribution in [0.1, 0.15) is 105 Å². The van der Waals surface area contributed by atoms with Crippen LogP contribution in [0.3, 0.4) is 0 Å². The molecule has 0 amide bonds. The summed E-state index contributed by atoms with van der Waals surface area (Å²) in [6.07, 6.45) is 16.2. The Labute approximate surface area is 171 Å². The van der Waals surface area contributed by atoms with Crippen LogP contribution in [0.25, 0.3) is 0 Å². The minimum Gasteiger partial charge on any atom is -0.381 e. The molecule has 2 heterocycles. The molecule has 0 radical (unpaired) electrons. The van der Waals surface area contributed by atoms with E-state index in [2.05, 4.69) is 27.7 Å². The fourth-order valence-corrected chi connectivity index (χ4v) is 3.67. The molecule has 0 spiro atoms. The van der Waals surface area contributed by atoms with Crippen molar-refractivity contribution in [3.05, 3.63) is 0 Å². The van der Waals surface area contributed by atoms with Crippen LogP contribution in [-0.4, -0.2) is 57.1 Å². The summed E-state index contributed by atoms with van der Waals surface area (Å²) in [6.45, 7) is 19.0. The number of quaternary nitrogens is 1. The van der Waals surface area contributed by atoms with Crippen molar-refractivity contribution in [2.24, 2.45) is 0 Å². The molecule has 2 fully saturated rings. The minimum atomic E-state index is 1.00. The summed E-state index contributed by atoms with van der Waals surface area (Å²) in [7, 11) is 0. The first kappa shape index (κ1) is 26.9. The van der Waals surface area contributed by atoms with Crippen molar-refractivity contribution in [3.63, 3.8) is 0 Å². The largest absolute Gasteiger partial charge is 0.381 e. The topological polar surface area (TPSA) is 18.5 Å². The zero-order valence-corrected chi connectivity index (χ0v) is 19.4. The molecule has 0 unspecified atom stereocenters. The zero-order chi connectivity index (χ0) is 20.1. The molecule has 3 heteroatoms. The van der Waals surface area contributed by atoms with Gasteiger partial charge >= 0.3 is 0 Å². The molecule has 0 aromatic heterocycles. The van der Waals surface area contributed by atoms with Crippen molar-refractivity contribution < 1.29 is 14.0 Å². The fourth-order valence-electron chi connectivity index (χ4n) is 3.67. The maximum Gasteiger partial charge on any atom is 0.0786 e. The van der Waals surface area contributed by atoms with Gasteiger partial charge in [0.15, 0.2) is 0 Å². The Balaban J connectivity index is 0.000000534. The van der Waals surface area contributed by atoms with E-state index in [1.54, 1.807) is 0 Å². The molecule has 2 aliphatic heterocycles. The second-order valence-corrected chi connectivity index (χ2v) is 8.29. The number of ether oxygens (including phenoxy) is 2. The summed E-state index contributed by atoms with van der Waals surface area (Å²) >= 11 is 0. The van der Waals surface area contributed by atoms with Crippen LogP contribution in [0.15, 0.2) is 0 Å². The average molecular weight is 387 g/mol. The van der Waals surface area contributed by atoms with Gasteiger partial charge in [0.25, 0.3) is 0 Å². The van der Waals surface area contributed by atoms with E-state index in [4.69, 9.17) is 9.47 Å². The second-order valence-electron chi connectivity index (χ2n) is 8.29. The molecule has 0 atom stereocenters. The van der Waals surface area contributed by atoms with Crippen LogP contribution in [-0.2, 0) is 9.47 Å². The molecule has 27 heavy (non-hydrogen) atoms. The normalized spacial score (nSPS) is 16.4. The SMILES string of the molecule is C1CCOC1.C1CCOC1.CCCC[N+](CCCC)(CCCC)CCCC. The van der Waals surface area contributed by atoms with E-state index in [0.717, 1.165) is 26.4 Å². The van der Waals surface area contributed by atoms with Gasteiger partial charge in [0.05, 0.1) is 26.2 Å². The van der Waals surface area contributed by atoms with Crippen molar-refractivity contribution in [1.29, 1.82) is 0 Å². The van der Waals surface area contributed by atoms with Crippen LogP contribution < -0.4 is 0 Å².